The van der Waals surface area contributed by atoms with Crippen molar-refractivity contribution in [3.8, 4) is 0 Å². The molecule has 0 spiro atoms. The second kappa shape index (κ2) is 3.95. The first-order valence-corrected chi connectivity index (χ1v) is 5.20. The van der Waals surface area contributed by atoms with Crippen LogP contribution in [0.4, 0.5) is 0 Å². The number of aryl methyl sites for hydroxylation is 2. The molecule has 1 rings (SSSR count). The van der Waals surface area contributed by atoms with Crippen LogP contribution in [0.15, 0.2) is 6.07 Å². The first-order valence-electron chi connectivity index (χ1n) is 5.20. The zero-order valence-corrected chi connectivity index (χ0v) is 9.49. The monoisotopic (exact) mass is 176 g/mol. The van der Waals surface area contributed by atoms with Gasteiger partial charge in [0.15, 0.2) is 0 Å². The minimum absolute atomic E-state index is 1.15. The summed E-state index contributed by atoms with van der Waals surface area (Å²) in [7, 11) is 0. The maximum atomic E-state index is 2.35. The Hall–Kier alpha value is -0.780. The highest BCUT2D eigenvalue weighted by Crippen LogP contribution is 2.22. The van der Waals surface area contributed by atoms with Gasteiger partial charge in [0.25, 0.3) is 0 Å². The molecule has 1 aromatic carbocycles. The van der Waals surface area contributed by atoms with Crippen LogP contribution in [0.3, 0.4) is 0 Å². The summed E-state index contributed by atoms with van der Waals surface area (Å²) in [6.07, 6.45) is 2.31. The highest BCUT2D eigenvalue weighted by molar-refractivity contribution is 5.44. The third-order valence-electron chi connectivity index (χ3n) is 3.10. The molecule has 0 saturated carbocycles. The van der Waals surface area contributed by atoms with E-state index in [9.17, 15) is 0 Å². The first kappa shape index (κ1) is 10.3. The highest BCUT2D eigenvalue weighted by Gasteiger charge is 2.06. The van der Waals surface area contributed by atoms with Crippen molar-refractivity contribution in [2.75, 3.05) is 0 Å². The topological polar surface area (TPSA) is 0 Å². The van der Waals surface area contributed by atoms with Crippen molar-refractivity contribution < 1.29 is 0 Å². The van der Waals surface area contributed by atoms with E-state index in [0.29, 0.717) is 0 Å². The van der Waals surface area contributed by atoms with Gasteiger partial charge in [-0.1, -0.05) is 19.9 Å². The summed E-state index contributed by atoms with van der Waals surface area (Å²) in [5, 5.41) is 0. The fourth-order valence-electron chi connectivity index (χ4n) is 2.13. The van der Waals surface area contributed by atoms with Crippen LogP contribution in [0.5, 0.6) is 0 Å². The predicted molar refractivity (Wildman–Crippen MR) is 59.4 cm³/mol. The van der Waals surface area contributed by atoms with Gasteiger partial charge in [0, 0.05) is 0 Å². The van der Waals surface area contributed by atoms with E-state index >= 15 is 0 Å². The lowest BCUT2D eigenvalue weighted by Crippen LogP contribution is -1.99. The molecule has 0 bridgehead atoms. The van der Waals surface area contributed by atoms with Crippen LogP contribution in [-0.4, -0.2) is 0 Å². The standard InChI is InChI=1S/C13H20/c1-6-12-8-9(3)13(7-2)11(5)10(12)4/h8H,6-7H2,1-5H3. The van der Waals surface area contributed by atoms with Gasteiger partial charge in [0.2, 0.25) is 0 Å². The summed E-state index contributed by atoms with van der Waals surface area (Å²) in [6, 6.07) is 2.35. The Bertz CT molecular complexity index is 308. The van der Waals surface area contributed by atoms with E-state index in [0.717, 1.165) is 12.8 Å². The number of hydrogen-bond acceptors (Lipinski definition) is 0. The molecule has 0 N–H and O–H groups in total. The molecule has 0 aliphatic rings. The molecule has 0 radical (unpaired) electrons. The van der Waals surface area contributed by atoms with Crippen molar-refractivity contribution in [3.63, 3.8) is 0 Å². The number of benzene rings is 1. The molecule has 72 valence electrons. The SMILES string of the molecule is CCc1cc(C)c(CC)c(C)c1C. The van der Waals surface area contributed by atoms with Gasteiger partial charge in [0.1, 0.15) is 0 Å². The largest absolute Gasteiger partial charge is 0.0613 e. The van der Waals surface area contributed by atoms with E-state index < -0.39 is 0 Å². The predicted octanol–water partition coefficient (Wildman–Crippen LogP) is 3.74. The van der Waals surface area contributed by atoms with Crippen LogP contribution in [0.25, 0.3) is 0 Å². The molecule has 0 saturated heterocycles. The van der Waals surface area contributed by atoms with Gasteiger partial charge < -0.3 is 0 Å². The fraction of sp³-hybridized carbons (Fsp3) is 0.538. The van der Waals surface area contributed by atoms with Crippen LogP contribution in [0.1, 0.15) is 41.7 Å². The Kier molecular flexibility index (Phi) is 3.13. The second-order valence-electron chi connectivity index (χ2n) is 3.79. The van der Waals surface area contributed by atoms with Crippen molar-refractivity contribution in [1.29, 1.82) is 0 Å². The van der Waals surface area contributed by atoms with Crippen molar-refractivity contribution in [2.45, 2.75) is 47.5 Å². The molecule has 0 fully saturated rings. The van der Waals surface area contributed by atoms with Crippen molar-refractivity contribution in [3.05, 3.63) is 33.9 Å². The minimum atomic E-state index is 1.15. The van der Waals surface area contributed by atoms with Crippen molar-refractivity contribution in [1.82, 2.24) is 0 Å². The Labute approximate surface area is 82.0 Å². The zero-order chi connectivity index (χ0) is 10.0. The van der Waals surface area contributed by atoms with Gasteiger partial charge in [0.05, 0.1) is 0 Å². The zero-order valence-electron chi connectivity index (χ0n) is 9.49. The molecule has 13 heavy (non-hydrogen) atoms. The molecule has 0 aliphatic carbocycles. The molecule has 0 unspecified atom stereocenters. The van der Waals surface area contributed by atoms with Gasteiger partial charge in [-0.3, -0.25) is 0 Å². The fourth-order valence-corrected chi connectivity index (χ4v) is 2.13. The summed E-state index contributed by atoms with van der Waals surface area (Å²) in [5.41, 5.74) is 7.49. The average Bonchev–Trinajstić information content (AvgIpc) is 2.12. The maximum Gasteiger partial charge on any atom is -0.0302 e. The van der Waals surface area contributed by atoms with Crippen LogP contribution in [0.2, 0.25) is 0 Å². The van der Waals surface area contributed by atoms with E-state index in [-0.39, 0.29) is 0 Å². The molecule has 0 heteroatoms. The molecule has 0 heterocycles. The minimum Gasteiger partial charge on any atom is -0.0613 e. The van der Waals surface area contributed by atoms with E-state index in [2.05, 4.69) is 40.7 Å². The Balaban J connectivity index is 3.37. The lowest BCUT2D eigenvalue weighted by atomic mass is 9.91. The molecule has 0 aliphatic heterocycles. The maximum absolute atomic E-state index is 2.35. The van der Waals surface area contributed by atoms with Crippen LogP contribution in [-0.2, 0) is 12.8 Å². The van der Waals surface area contributed by atoms with Crippen molar-refractivity contribution >= 4 is 0 Å². The second-order valence-corrected chi connectivity index (χ2v) is 3.79. The van der Waals surface area contributed by atoms with E-state index in [1.165, 1.54) is 27.8 Å². The normalized spacial score (nSPS) is 10.5. The van der Waals surface area contributed by atoms with Gasteiger partial charge in [-0.05, 0) is 61.4 Å². The molecule has 0 atom stereocenters. The molecular formula is C13H20. The smallest absolute Gasteiger partial charge is 0.0302 e. The molecule has 0 amide bonds. The lowest BCUT2D eigenvalue weighted by molar-refractivity contribution is 1.02. The number of rotatable bonds is 2. The third kappa shape index (κ3) is 1.77. The van der Waals surface area contributed by atoms with Crippen LogP contribution in [0, 0.1) is 20.8 Å². The molecule has 0 aromatic heterocycles. The summed E-state index contributed by atoms with van der Waals surface area (Å²) in [5.74, 6) is 0. The quantitative estimate of drug-likeness (QED) is 0.644. The van der Waals surface area contributed by atoms with Gasteiger partial charge >= 0.3 is 0 Å². The molecule has 1 aromatic rings. The summed E-state index contributed by atoms with van der Waals surface area (Å²) >= 11 is 0. The number of hydrogen-bond donors (Lipinski definition) is 0. The first-order chi connectivity index (χ1) is 6.11. The van der Waals surface area contributed by atoms with Crippen LogP contribution < -0.4 is 0 Å². The summed E-state index contributed by atoms with van der Waals surface area (Å²) in [4.78, 5) is 0. The Morgan fingerprint density at radius 1 is 0.923 bits per heavy atom. The molecular weight excluding hydrogens is 156 g/mol. The van der Waals surface area contributed by atoms with E-state index in [1.54, 1.807) is 0 Å². The summed E-state index contributed by atoms with van der Waals surface area (Å²) in [6.45, 7) is 11.2. The Morgan fingerprint density at radius 3 is 2.00 bits per heavy atom. The van der Waals surface area contributed by atoms with Gasteiger partial charge in [-0.15, -0.1) is 0 Å². The van der Waals surface area contributed by atoms with E-state index in [4.69, 9.17) is 0 Å². The van der Waals surface area contributed by atoms with Gasteiger partial charge in [-0.25, -0.2) is 0 Å². The summed E-state index contributed by atoms with van der Waals surface area (Å²) < 4.78 is 0. The highest BCUT2D eigenvalue weighted by atomic mass is 14.1. The third-order valence-corrected chi connectivity index (χ3v) is 3.10. The van der Waals surface area contributed by atoms with Gasteiger partial charge in [-0.2, -0.15) is 0 Å². The van der Waals surface area contributed by atoms with Crippen LogP contribution >= 0.6 is 0 Å². The lowest BCUT2D eigenvalue weighted by Gasteiger charge is -2.14. The van der Waals surface area contributed by atoms with E-state index in [1.807, 2.05) is 0 Å². The Morgan fingerprint density at radius 2 is 1.54 bits per heavy atom. The molecule has 0 nitrogen and oxygen atoms in total. The van der Waals surface area contributed by atoms with Crippen molar-refractivity contribution in [2.24, 2.45) is 0 Å². The average molecular weight is 176 g/mol.